The molecule has 15 rings (SSSR count). The summed E-state index contributed by atoms with van der Waals surface area (Å²) >= 11 is 0. The van der Waals surface area contributed by atoms with Crippen molar-refractivity contribution in [3.05, 3.63) is 314 Å². The summed E-state index contributed by atoms with van der Waals surface area (Å²) in [4.78, 5) is 8.42. The van der Waals surface area contributed by atoms with Crippen molar-refractivity contribution < 1.29 is 0 Å². The average molecular weight is 1130 g/mol. The van der Waals surface area contributed by atoms with E-state index in [1.54, 1.807) is 0 Å². The van der Waals surface area contributed by atoms with Gasteiger partial charge >= 0.3 is 0 Å². The van der Waals surface area contributed by atoms with Crippen LogP contribution in [0.3, 0.4) is 0 Å². The third kappa shape index (κ3) is 8.54. The molecule has 0 spiro atoms. The average Bonchev–Trinajstić information content (AvgIpc) is 1.70. The van der Waals surface area contributed by atoms with Crippen LogP contribution in [0.1, 0.15) is 128 Å². The Balaban J connectivity index is 0.661. The third-order valence-corrected chi connectivity index (χ3v) is 19.9. The minimum atomic E-state index is -0.245. The minimum absolute atomic E-state index is 0.138. The molecule has 4 heteroatoms. The van der Waals surface area contributed by atoms with Gasteiger partial charge in [0, 0.05) is 55.8 Å². The molecule has 88 heavy (non-hydrogen) atoms. The summed E-state index contributed by atoms with van der Waals surface area (Å²) in [7, 11) is 0. The van der Waals surface area contributed by atoms with Gasteiger partial charge in [-0.25, -0.2) is 4.85 Å². The van der Waals surface area contributed by atoms with Crippen LogP contribution in [-0.2, 0) is 21.7 Å². The third-order valence-electron chi connectivity index (χ3n) is 19.9. The quantitative estimate of drug-likeness (QED) is 0.101. The van der Waals surface area contributed by atoms with Crippen molar-refractivity contribution >= 4 is 64.1 Å². The zero-order valence-electron chi connectivity index (χ0n) is 51.0. The van der Waals surface area contributed by atoms with Crippen LogP contribution in [0.2, 0.25) is 0 Å². The van der Waals surface area contributed by atoms with Gasteiger partial charge in [0.25, 0.3) is 0 Å². The Morgan fingerprint density at radius 2 is 0.580 bits per heavy atom. The molecule has 4 aliphatic carbocycles. The van der Waals surface area contributed by atoms with Gasteiger partial charge in [0.05, 0.1) is 18.2 Å². The lowest BCUT2D eigenvalue weighted by atomic mass is 9.81. The largest absolute Gasteiger partial charge is 0.311 e. The Labute approximate surface area is 518 Å². The van der Waals surface area contributed by atoms with Crippen molar-refractivity contribution in [2.75, 3.05) is 9.80 Å². The Hall–Kier alpha value is -10.5. The normalized spacial score (nSPS) is 15.1. The molecule has 4 aliphatic rings. The number of anilines is 6. The molecule has 0 fully saturated rings. The van der Waals surface area contributed by atoms with E-state index in [0.717, 1.165) is 45.3 Å². The fraction of sp³-hybridized carbons (Fsp3) is 0.143. The lowest BCUT2D eigenvalue weighted by Gasteiger charge is -2.29. The molecule has 0 N–H and O–H groups in total. The number of benzene rings is 11. The first kappa shape index (κ1) is 54.2. The molecule has 0 saturated heterocycles. The second-order valence-corrected chi connectivity index (χ2v) is 26.4. The molecule has 0 amide bonds. The molecule has 422 valence electrons. The highest BCUT2D eigenvalue weighted by atomic mass is 15.1. The van der Waals surface area contributed by atoms with Crippen molar-refractivity contribution in [2.45, 2.75) is 77.0 Å². The molecule has 0 unspecified atom stereocenters. The molecule has 0 aromatic heterocycles. The van der Waals surface area contributed by atoms with Gasteiger partial charge in [-0.15, -0.1) is 0 Å². The van der Waals surface area contributed by atoms with Gasteiger partial charge in [0.15, 0.2) is 5.69 Å². The van der Waals surface area contributed by atoms with Crippen LogP contribution < -0.4 is 9.80 Å². The Morgan fingerprint density at radius 1 is 0.307 bits per heavy atom. The van der Waals surface area contributed by atoms with Crippen molar-refractivity contribution in [1.82, 2.24) is 0 Å². The number of nitrogens with zero attached hydrogens (tertiary/aromatic N) is 4. The van der Waals surface area contributed by atoms with Gasteiger partial charge in [-0.1, -0.05) is 225 Å². The van der Waals surface area contributed by atoms with E-state index >= 15 is 0 Å². The lowest BCUT2D eigenvalue weighted by Crippen LogP contribution is -2.18. The van der Waals surface area contributed by atoms with Crippen molar-refractivity contribution in [2.24, 2.45) is 0 Å². The van der Waals surface area contributed by atoms with Crippen molar-refractivity contribution in [1.29, 1.82) is 5.26 Å². The molecule has 0 saturated carbocycles. The summed E-state index contributed by atoms with van der Waals surface area (Å²) in [5, 5.41) is 9.74. The maximum atomic E-state index is 9.74. The highest BCUT2D eigenvalue weighted by Gasteiger charge is 2.40. The van der Waals surface area contributed by atoms with Crippen LogP contribution in [0.4, 0.5) is 39.8 Å². The highest BCUT2D eigenvalue weighted by molar-refractivity contribution is 5.92. The Bertz CT molecular complexity index is 4550. The second kappa shape index (κ2) is 20.0. The van der Waals surface area contributed by atoms with Crippen LogP contribution >= 0.6 is 0 Å². The Kier molecular flexibility index (Phi) is 12.3. The maximum Gasteiger partial charge on any atom is 0.187 e. The van der Waals surface area contributed by atoms with E-state index in [-0.39, 0.29) is 21.7 Å². The second-order valence-electron chi connectivity index (χ2n) is 26.4. The van der Waals surface area contributed by atoms with E-state index in [1.807, 2.05) is 24.3 Å². The number of nitriles is 1. The molecule has 0 heterocycles. The maximum absolute atomic E-state index is 9.74. The van der Waals surface area contributed by atoms with Gasteiger partial charge in [-0.3, -0.25) is 0 Å². The molecule has 0 aliphatic heterocycles. The summed E-state index contributed by atoms with van der Waals surface area (Å²) in [6, 6.07) is 86.3. The van der Waals surface area contributed by atoms with Crippen LogP contribution in [0.5, 0.6) is 0 Å². The molecular weight excluding hydrogens is 1060 g/mol. The first-order valence-electron chi connectivity index (χ1n) is 30.6. The Morgan fingerprint density at radius 3 is 0.932 bits per heavy atom. The summed E-state index contributed by atoms with van der Waals surface area (Å²) in [6.45, 7) is 26.4. The molecule has 0 bridgehead atoms. The minimum Gasteiger partial charge on any atom is -0.311 e. The SMILES string of the molecule is [C-]#[N+]c1ccc(N(c2ccc3c(c2)C(C)(C)c2ccccc2-3)c2ccc3c(c2)C(C)(C)c2cc(/C=C/c4ccc(/C=C/c5ccc6c(c5)C(C)(C)c5cc(N(c7ccc(C#N)cc7)c7ccc8c(c7)C(C)(C)c7ccccc7-8)ccc5-6)cc4)ccc2-3)cc1. The van der Waals surface area contributed by atoms with Crippen LogP contribution in [0, 0.1) is 17.9 Å². The molecule has 0 atom stereocenters. The first-order chi connectivity index (χ1) is 42.5. The van der Waals surface area contributed by atoms with Crippen LogP contribution in [0.25, 0.3) is 73.7 Å². The van der Waals surface area contributed by atoms with E-state index in [9.17, 15) is 5.26 Å². The summed E-state index contributed by atoms with van der Waals surface area (Å²) < 4.78 is 0. The fourth-order valence-electron chi connectivity index (χ4n) is 15.0. The van der Waals surface area contributed by atoms with E-state index in [4.69, 9.17) is 6.57 Å². The number of rotatable bonds is 10. The van der Waals surface area contributed by atoms with E-state index < -0.39 is 0 Å². The van der Waals surface area contributed by atoms with Crippen molar-refractivity contribution in [3.8, 4) is 50.6 Å². The zero-order valence-corrected chi connectivity index (χ0v) is 51.0. The number of hydrogen-bond acceptors (Lipinski definition) is 3. The zero-order chi connectivity index (χ0) is 60.4. The molecule has 4 nitrogen and oxygen atoms in total. The predicted octanol–water partition coefficient (Wildman–Crippen LogP) is 22.6. The van der Waals surface area contributed by atoms with Gasteiger partial charge in [0.1, 0.15) is 0 Å². The standard InChI is InChI=1S/C84H66N4/c1-81(2)73-16-12-10-14-65(73)69-42-36-61(48-77(69)81)87(59-32-26-57(52-85)27-33-59)63-38-44-71-67-40-28-55(46-75(67)83(5,6)79(71)50-63)24-22-53-18-20-54(21-19-53)23-25-56-29-41-68-72-45-39-64(51-80(72)84(7,8)76(68)47-56)88(60-34-30-58(86-9)31-35-60)62-37-43-70-66-15-11-13-17-74(66)82(3,4)78(70)49-62/h10-51H,1-8H3/b24-22+,25-23+. The molecule has 11 aromatic rings. The van der Waals surface area contributed by atoms with Gasteiger partial charge in [-0.05, 0) is 196 Å². The van der Waals surface area contributed by atoms with Crippen LogP contribution in [-0.4, -0.2) is 0 Å². The lowest BCUT2D eigenvalue weighted by molar-refractivity contribution is 0.659. The fourth-order valence-corrected chi connectivity index (χ4v) is 15.0. The number of hydrogen-bond donors (Lipinski definition) is 0. The number of fused-ring (bicyclic) bond motifs is 12. The molecule has 11 aromatic carbocycles. The van der Waals surface area contributed by atoms with E-state index in [2.05, 4.69) is 307 Å². The van der Waals surface area contributed by atoms with E-state index in [0.29, 0.717) is 11.3 Å². The predicted molar refractivity (Wildman–Crippen MR) is 368 cm³/mol. The molecule has 0 radical (unpaired) electrons. The van der Waals surface area contributed by atoms with Gasteiger partial charge in [0.2, 0.25) is 0 Å². The van der Waals surface area contributed by atoms with Gasteiger partial charge < -0.3 is 9.80 Å². The summed E-state index contributed by atoms with van der Waals surface area (Å²) in [5.41, 5.74) is 32.4. The van der Waals surface area contributed by atoms with Crippen molar-refractivity contribution in [3.63, 3.8) is 0 Å². The summed E-state index contributed by atoms with van der Waals surface area (Å²) in [6.07, 6.45) is 8.91. The topological polar surface area (TPSA) is 34.6 Å². The monoisotopic (exact) mass is 1130 g/mol. The molecular formula is C84H66N4. The smallest absolute Gasteiger partial charge is 0.187 e. The highest BCUT2D eigenvalue weighted by Crippen LogP contribution is 2.56. The van der Waals surface area contributed by atoms with Gasteiger partial charge in [-0.2, -0.15) is 5.26 Å². The van der Waals surface area contributed by atoms with E-state index in [1.165, 1.54) is 100 Å². The first-order valence-corrected chi connectivity index (χ1v) is 30.6. The van der Waals surface area contributed by atoms with Crippen LogP contribution in [0.15, 0.2) is 231 Å². The summed E-state index contributed by atoms with van der Waals surface area (Å²) in [5.74, 6) is 0.